The number of aromatic nitrogens is 1. The van der Waals surface area contributed by atoms with Crippen LogP contribution in [0.15, 0.2) is 23.1 Å². The fraction of sp³-hybridized carbons (Fsp3) is 0.571. The molecule has 0 N–H and O–H groups in total. The molecule has 23 heavy (non-hydrogen) atoms. The molecule has 0 saturated carbocycles. The van der Waals surface area contributed by atoms with Crippen molar-refractivity contribution in [3.63, 3.8) is 0 Å². The highest BCUT2D eigenvalue weighted by atomic mass is 19.4. The lowest BCUT2D eigenvalue weighted by molar-refractivity contribution is -0.140. The van der Waals surface area contributed by atoms with E-state index in [9.17, 15) is 22.8 Å². The number of hydrogen-bond acceptors (Lipinski definition) is 4. The van der Waals surface area contributed by atoms with E-state index in [1.807, 2.05) is 0 Å². The number of halogens is 3. The summed E-state index contributed by atoms with van der Waals surface area (Å²) in [6.07, 6.45) is -3.87. The highest BCUT2D eigenvalue weighted by Gasteiger charge is 2.34. The number of ether oxygens (including phenoxy) is 2. The third-order valence-corrected chi connectivity index (χ3v) is 3.42. The minimum absolute atomic E-state index is 0.243. The van der Waals surface area contributed by atoms with Gasteiger partial charge in [0, 0.05) is 19.8 Å². The zero-order valence-electron chi connectivity index (χ0n) is 12.5. The number of hydrogen-bond donors (Lipinski definition) is 0. The van der Waals surface area contributed by atoms with Crippen LogP contribution in [0.2, 0.25) is 0 Å². The fourth-order valence-electron chi connectivity index (χ4n) is 2.19. The number of likely N-dealkylation sites (N-methyl/N-ethyl adjacent to an activating group) is 1. The van der Waals surface area contributed by atoms with Crippen LogP contribution in [0.1, 0.15) is 5.56 Å². The number of carbonyl (C=O) groups is 1. The molecule has 0 aromatic carbocycles. The average molecular weight is 334 g/mol. The number of carbonyl (C=O) groups excluding carboxylic acids is 1. The van der Waals surface area contributed by atoms with E-state index >= 15 is 0 Å². The Balaban J connectivity index is 2.03. The molecule has 0 spiro atoms. The van der Waals surface area contributed by atoms with Crippen LogP contribution in [-0.2, 0) is 27.0 Å². The summed E-state index contributed by atoms with van der Waals surface area (Å²) in [6, 6.07) is 1.79. The molecule has 1 aliphatic heterocycles. The normalized spacial score (nSPS) is 18.7. The molecule has 1 saturated heterocycles. The second kappa shape index (κ2) is 7.14. The first kappa shape index (κ1) is 17.5. The first-order chi connectivity index (χ1) is 10.8. The largest absolute Gasteiger partial charge is 0.421 e. The van der Waals surface area contributed by atoms with Crippen LogP contribution in [-0.4, -0.2) is 54.9 Å². The van der Waals surface area contributed by atoms with Crippen LogP contribution in [0.4, 0.5) is 13.2 Å². The van der Waals surface area contributed by atoms with Crippen molar-refractivity contribution in [3.05, 3.63) is 34.2 Å². The van der Waals surface area contributed by atoms with E-state index in [0.717, 1.165) is 16.8 Å². The lowest BCUT2D eigenvalue weighted by Gasteiger charge is -2.27. The van der Waals surface area contributed by atoms with Crippen molar-refractivity contribution in [2.45, 2.75) is 18.8 Å². The standard InChI is InChI=1S/C14H17F3N2O4/c1-18(7-10-9-22-5-6-23-10)12(20)8-19-4-2-3-11(13(19)21)14(15,16)17/h2-4,10H,5-9H2,1H3. The van der Waals surface area contributed by atoms with E-state index in [1.54, 1.807) is 0 Å². The number of amides is 1. The molecule has 2 heterocycles. The predicted molar refractivity (Wildman–Crippen MR) is 73.9 cm³/mol. The van der Waals surface area contributed by atoms with Gasteiger partial charge in [0.2, 0.25) is 5.91 Å². The second-order valence-corrected chi connectivity index (χ2v) is 5.19. The summed E-state index contributed by atoms with van der Waals surface area (Å²) in [5.41, 5.74) is -2.53. The van der Waals surface area contributed by atoms with Gasteiger partial charge in [-0.05, 0) is 12.1 Å². The summed E-state index contributed by atoms with van der Waals surface area (Å²) >= 11 is 0. The van der Waals surface area contributed by atoms with Gasteiger partial charge >= 0.3 is 6.18 Å². The molecule has 6 nitrogen and oxygen atoms in total. The molecule has 0 radical (unpaired) electrons. The summed E-state index contributed by atoms with van der Waals surface area (Å²) in [5, 5.41) is 0. The zero-order chi connectivity index (χ0) is 17.0. The van der Waals surface area contributed by atoms with Crippen molar-refractivity contribution in [3.8, 4) is 0 Å². The van der Waals surface area contributed by atoms with Crippen LogP contribution < -0.4 is 5.56 Å². The van der Waals surface area contributed by atoms with Crippen molar-refractivity contribution in [2.75, 3.05) is 33.4 Å². The maximum atomic E-state index is 12.7. The third kappa shape index (κ3) is 4.55. The highest BCUT2D eigenvalue weighted by Crippen LogP contribution is 2.25. The molecule has 1 fully saturated rings. The van der Waals surface area contributed by atoms with Crippen molar-refractivity contribution >= 4 is 5.91 Å². The highest BCUT2D eigenvalue weighted by molar-refractivity contribution is 5.75. The molecule has 1 amide bonds. The molecule has 128 valence electrons. The smallest absolute Gasteiger partial charge is 0.376 e. The minimum atomic E-state index is -4.75. The van der Waals surface area contributed by atoms with Gasteiger partial charge in [0.15, 0.2) is 0 Å². The van der Waals surface area contributed by atoms with Gasteiger partial charge in [-0.1, -0.05) is 0 Å². The Bertz CT molecular complexity index is 609. The summed E-state index contributed by atoms with van der Waals surface area (Å²) < 4.78 is 49.4. The fourth-order valence-corrected chi connectivity index (χ4v) is 2.19. The molecule has 9 heteroatoms. The van der Waals surface area contributed by atoms with Gasteiger partial charge in [0.05, 0.1) is 25.9 Å². The quantitative estimate of drug-likeness (QED) is 0.815. The van der Waals surface area contributed by atoms with Gasteiger partial charge in [-0.25, -0.2) is 0 Å². The van der Waals surface area contributed by atoms with Crippen molar-refractivity contribution < 1.29 is 27.4 Å². The Morgan fingerprint density at radius 3 is 2.78 bits per heavy atom. The molecule has 1 aromatic rings. The molecule has 1 aromatic heterocycles. The summed E-state index contributed by atoms with van der Waals surface area (Å²) in [4.78, 5) is 25.2. The maximum Gasteiger partial charge on any atom is 0.421 e. The zero-order valence-corrected chi connectivity index (χ0v) is 12.5. The summed E-state index contributed by atoms with van der Waals surface area (Å²) in [6.45, 7) is 1.05. The Morgan fingerprint density at radius 1 is 1.43 bits per heavy atom. The van der Waals surface area contributed by atoms with E-state index in [2.05, 4.69) is 0 Å². The summed E-state index contributed by atoms with van der Waals surface area (Å²) in [5.74, 6) is -0.486. The first-order valence-corrected chi connectivity index (χ1v) is 6.99. The van der Waals surface area contributed by atoms with Gasteiger partial charge in [-0.3, -0.25) is 9.59 Å². The third-order valence-electron chi connectivity index (χ3n) is 3.42. The van der Waals surface area contributed by atoms with Crippen LogP contribution in [0.5, 0.6) is 0 Å². The topological polar surface area (TPSA) is 60.8 Å². The first-order valence-electron chi connectivity index (χ1n) is 6.99. The molecular formula is C14H17F3N2O4. The molecule has 1 unspecified atom stereocenters. The Kier molecular flexibility index (Phi) is 5.42. The predicted octanol–water partition coefficient (Wildman–Crippen LogP) is 0.741. The molecule has 1 atom stereocenters. The van der Waals surface area contributed by atoms with Crippen LogP contribution in [0, 0.1) is 0 Å². The van der Waals surface area contributed by atoms with Crippen molar-refractivity contribution in [1.82, 2.24) is 9.47 Å². The van der Waals surface area contributed by atoms with E-state index < -0.39 is 29.8 Å². The Labute approximate surface area is 130 Å². The molecular weight excluding hydrogens is 317 g/mol. The summed E-state index contributed by atoms with van der Waals surface area (Å²) in [7, 11) is 1.50. The SMILES string of the molecule is CN(CC1COCCO1)C(=O)Cn1cccc(C(F)(F)F)c1=O. The van der Waals surface area contributed by atoms with Crippen LogP contribution in [0.3, 0.4) is 0 Å². The number of nitrogens with zero attached hydrogens (tertiary/aromatic N) is 2. The molecule has 0 aliphatic carbocycles. The number of pyridine rings is 1. The number of alkyl halides is 3. The Morgan fingerprint density at radius 2 is 2.17 bits per heavy atom. The lowest BCUT2D eigenvalue weighted by atomic mass is 10.2. The van der Waals surface area contributed by atoms with Crippen LogP contribution in [0.25, 0.3) is 0 Å². The average Bonchev–Trinajstić information content (AvgIpc) is 2.49. The van der Waals surface area contributed by atoms with Crippen molar-refractivity contribution in [1.29, 1.82) is 0 Å². The number of rotatable bonds is 4. The van der Waals surface area contributed by atoms with Crippen LogP contribution >= 0.6 is 0 Å². The molecule has 2 rings (SSSR count). The van der Waals surface area contributed by atoms with Gasteiger partial charge in [0.25, 0.3) is 5.56 Å². The Hall–Kier alpha value is -1.87. The van der Waals surface area contributed by atoms with E-state index in [0.29, 0.717) is 25.9 Å². The second-order valence-electron chi connectivity index (χ2n) is 5.19. The monoisotopic (exact) mass is 334 g/mol. The minimum Gasteiger partial charge on any atom is -0.376 e. The van der Waals surface area contributed by atoms with E-state index in [1.165, 1.54) is 11.9 Å². The maximum absolute atomic E-state index is 12.7. The van der Waals surface area contributed by atoms with Gasteiger partial charge in [0.1, 0.15) is 12.1 Å². The van der Waals surface area contributed by atoms with Gasteiger partial charge < -0.3 is 18.9 Å². The molecule has 1 aliphatic rings. The van der Waals surface area contributed by atoms with Crippen molar-refractivity contribution in [2.24, 2.45) is 0 Å². The van der Waals surface area contributed by atoms with E-state index in [4.69, 9.17) is 9.47 Å². The molecule has 0 bridgehead atoms. The van der Waals surface area contributed by atoms with Gasteiger partial charge in [-0.2, -0.15) is 13.2 Å². The van der Waals surface area contributed by atoms with E-state index in [-0.39, 0.29) is 12.6 Å². The lowest BCUT2D eigenvalue weighted by Crippen LogP contribution is -2.43. The van der Waals surface area contributed by atoms with Gasteiger partial charge in [-0.15, -0.1) is 0 Å².